The van der Waals surface area contributed by atoms with Gasteiger partial charge in [-0.1, -0.05) is 38.1 Å². The second kappa shape index (κ2) is 7.10. The van der Waals surface area contributed by atoms with Gasteiger partial charge in [-0.2, -0.15) is 0 Å². The van der Waals surface area contributed by atoms with E-state index < -0.39 is 0 Å². The summed E-state index contributed by atoms with van der Waals surface area (Å²) in [6.45, 7) is 5.86. The Kier molecular flexibility index (Phi) is 5.76. The average Bonchev–Trinajstić information content (AvgIpc) is 2.34. The summed E-state index contributed by atoms with van der Waals surface area (Å²) in [6, 6.07) is 7.85. The van der Waals surface area contributed by atoms with Crippen molar-refractivity contribution in [2.45, 2.75) is 52.4 Å². The average molecular weight is 246 g/mol. The minimum Gasteiger partial charge on any atom is -0.300 e. The van der Waals surface area contributed by atoms with E-state index in [0.29, 0.717) is 18.8 Å². The molecule has 0 aliphatic carbocycles. The van der Waals surface area contributed by atoms with E-state index in [1.165, 1.54) is 5.56 Å². The minimum atomic E-state index is 0.175. The van der Waals surface area contributed by atoms with Crippen LogP contribution in [0.2, 0.25) is 0 Å². The van der Waals surface area contributed by atoms with Crippen LogP contribution in [0.15, 0.2) is 24.3 Å². The molecule has 0 amide bonds. The molecule has 0 unspecified atom stereocenters. The maximum atomic E-state index is 11.9. The number of ketones is 2. The van der Waals surface area contributed by atoms with Crippen molar-refractivity contribution in [2.24, 2.45) is 0 Å². The lowest BCUT2D eigenvalue weighted by Gasteiger charge is -2.06. The Balaban J connectivity index is 2.44. The Morgan fingerprint density at radius 3 is 2.06 bits per heavy atom. The zero-order valence-electron chi connectivity index (χ0n) is 11.5. The molecule has 0 saturated carbocycles. The molecule has 0 fully saturated rings. The number of benzene rings is 1. The largest absolute Gasteiger partial charge is 0.300 e. The highest BCUT2D eigenvalue weighted by atomic mass is 16.1. The maximum absolute atomic E-state index is 11.9. The molecule has 1 aromatic carbocycles. The molecule has 0 spiro atoms. The fraction of sp³-hybridized carbons (Fsp3) is 0.500. The molecule has 2 heteroatoms. The SMILES string of the molecule is CC(=O)CCCCC(=O)c1ccc(C(C)C)cc1. The van der Waals surface area contributed by atoms with E-state index in [9.17, 15) is 9.59 Å². The smallest absolute Gasteiger partial charge is 0.162 e. The molecular formula is C16H22O2. The third-order valence-electron chi connectivity index (χ3n) is 3.08. The van der Waals surface area contributed by atoms with Gasteiger partial charge in [0.25, 0.3) is 0 Å². The van der Waals surface area contributed by atoms with Crippen molar-refractivity contribution in [3.05, 3.63) is 35.4 Å². The number of hydrogen-bond donors (Lipinski definition) is 0. The van der Waals surface area contributed by atoms with Gasteiger partial charge in [0.1, 0.15) is 5.78 Å². The third kappa shape index (κ3) is 4.82. The van der Waals surface area contributed by atoms with Crippen LogP contribution >= 0.6 is 0 Å². The summed E-state index contributed by atoms with van der Waals surface area (Å²) in [5.74, 6) is 0.863. The standard InChI is InChI=1S/C16H22O2/c1-12(2)14-8-10-15(11-9-14)16(18)7-5-4-6-13(3)17/h8-12H,4-7H2,1-3H3. The number of carbonyl (C=O) groups is 2. The maximum Gasteiger partial charge on any atom is 0.162 e. The minimum absolute atomic E-state index is 0.175. The highest BCUT2D eigenvalue weighted by Gasteiger charge is 2.06. The summed E-state index contributed by atoms with van der Waals surface area (Å²) in [4.78, 5) is 22.7. The lowest BCUT2D eigenvalue weighted by molar-refractivity contribution is -0.117. The Morgan fingerprint density at radius 1 is 1.00 bits per heavy atom. The highest BCUT2D eigenvalue weighted by molar-refractivity contribution is 5.96. The highest BCUT2D eigenvalue weighted by Crippen LogP contribution is 2.16. The van der Waals surface area contributed by atoms with E-state index >= 15 is 0 Å². The second-order valence-electron chi connectivity index (χ2n) is 5.11. The zero-order valence-corrected chi connectivity index (χ0v) is 11.5. The first-order valence-corrected chi connectivity index (χ1v) is 6.63. The molecule has 0 saturated heterocycles. The quantitative estimate of drug-likeness (QED) is 0.535. The predicted molar refractivity (Wildman–Crippen MR) is 74.0 cm³/mol. The first-order valence-electron chi connectivity index (χ1n) is 6.63. The fourth-order valence-corrected chi connectivity index (χ4v) is 1.86. The van der Waals surface area contributed by atoms with Gasteiger partial charge in [-0.05, 0) is 31.2 Å². The molecule has 0 radical (unpaired) electrons. The van der Waals surface area contributed by atoms with Crippen molar-refractivity contribution in [3.8, 4) is 0 Å². The summed E-state index contributed by atoms with van der Waals surface area (Å²) in [5, 5.41) is 0. The van der Waals surface area contributed by atoms with E-state index in [4.69, 9.17) is 0 Å². The molecule has 98 valence electrons. The van der Waals surface area contributed by atoms with E-state index in [2.05, 4.69) is 13.8 Å². The van der Waals surface area contributed by atoms with Crippen LogP contribution in [0.4, 0.5) is 0 Å². The molecule has 0 aliphatic heterocycles. The van der Waals surface area contributed by atoms with Gasteiger partial charge in [0, 0.05) is 18.4 Å². The van der Waals surface area contributed by atoms with Crippen LogP contribution in [-0.4, -0.2) is 11.6 Å². The Morgan fingerprint density at radius 2 is 1.56 bits per heavy atom. The Labute approximate surface area is 109 Å². The van der Waals surface area contributed by atoms with Gasteiger partial charge in [0.05, 0.1) is 0 Å². The van der Waals surface area contributed by atoms with Crippen LogP contribution in [-0.2, 0) is 4.79 Å². The van der Waals surface area contributed by atoms with Gasteiger partial charge in [-0.25, -0.2) is 0 Å². The van der Waals surface area contributed by atoms with Gasteiger partial charge < -0.3 is 4.79 Å². The van der Waals surface area contributed by atoms with Crippen molar-refractivity contribution in [1.82, 2.24) is 0 Å². The summed E-state index contributed by atoms with van der Waals surface area (Å²) < 4.78 is 0. The molecule has 1 aromatic rings. The van der Waals surface area contributed by atoms with Crippen LogP contribution < -0.4 is 0 Å². The fourth-order valence-electron chi connectivity index (χ4n) is 1.86. The predicted octanol–water partition coefficient (Wildman–Crippen LogP) is 4.14. The molecule has 0 aromatic heterocycles. The first kappa shape index (κ1) is 14.6. The zero-order chi connectivity index (χ0) is 13.5. The van der Waals surface area contributed by atoms with Gasteiger partial charge in [0.15, 0.2) is 5.78 Å². The van der Waals surface area contributed by atoms with Gasteiger partial charge in [-0.15, -0.1) is 0 Å². The van der Waals surface area contributed by atoms with Crippen molar-refractivity contribution in [2.75, 3.05) is 0 Å². The molecule has 18 heavy (non-hydrogen) atoms. The van der Waals surface area contributed by atoms with E-state index in [0.717, 1.165) is 18.4 Å². The Bertz CT molecular complexity index is 402. The molecule has 0 bridgehead atoms. The molecular weight excluding hydrogens is 224 g/mol. The van der Waals surface area contributed by atoms with Crippen molar-refractivity contribution in [3.63, 3.8) is 0 Å². The van der Waals surface area contributed by atoms with Crippen LogP contribution in [0, 0.1) is 0 Å². The monoisotopic (exact) mass is 246 g/mol. The topological polar surface area (TPSA) is 34.1 Å². The van der Waals surface area contributed by atoms with E-state index in [-0.39, 0.29) is 11.6 Å². The van der Waals surface area contributed by atoms with Crippen LogP contribution in [0.5, 0.6) is 0 Å². The molecule has 0 N–H and O–H groups in total. The van der Waals surface area contributed by atoms with E-state index in [1.54, 1.807) is 6.92 Å². The van der Waals surface area contributed by atoms with Crippen molar-refractivity contribution < 1.29 is 9.59 Å². The first-order chi connectivity index (χ1) is 8.50. The third-order valence-corrected chi connectivity index (χ3v) is 3.08. The second-order valence-corrected chi connectivity index (χ2v) is 5.11. The van der Waals surface area contributed by atoms with Crippen molar-refractivity contribution >= 4 is 11.6 Å². The number of rotatable bonds is 7. The summed E-state index contributed by atoms with van der Waals surface area (Å²) in [6.07, 6.45) is 2.73. The van der Waals surface area contributed by atoms with Crippen molar-refractivity contribution in [1.29, 1.82) is 0 Å². The van der Waals surface area contributed by atoms with Crippen LogP contribution in [0.25, 0.3) is 0 Å². The Hall–Kier alpha value is -1.44. The van der Waals surface area contributed by atoms with Gasteiger partial charge in [-0.3, -0.25) is 4.79 Å². The lowest BCUT2D eigenvalue weighted by Crippen LogP contribution is -2.00. The summed E-state index contributed by atoms with van der Waals surface area (Å²) in [5.41, 5.74) is 2.03. The van der Waals surface area contributed by atoms with Crippen LogP contribution in [0.1, 0.15) is 68.3 Å². The van der Waals surface area contributed by atoms with Gasteiger partial charge >= 0.3 is 0 Å². The number of carbonyl (C=O) groups excluding carboxylic acids is 2. The number of unbranched alkanes of at least 4 members (excludes halogenated alkanes) is 1. The van der Waals surface area contributed by atoms with E-state index in [1.807, 2.05) is 24.3 Å². The summed E-state index contributed by atoms with van der Waals surface area (Å²) in [7, 11) is 0. The molecule has 0 atom stereocenters. The van der Waals surface area contributed by atoms with Crippen LogP contribution in [0.3, 0.4) is 0 Å². The molecule has 0 heterocycles. The number of Topliss-reactive ketones (excluding diaryl/α,β-unsaturated/α-hetero) is 2. The summed E-state index contributed by atoms with van der Waals surface area (Å²) >= 11 is 0. The number of hydrogen-bond acceptors (Lipinski definition) is 2. The molecule has 0 aliphatic rings. The molecule has 1 rings (SSSR count). The lowest BCUT2D eigenvalue weighted by atomic mass is 9.98. The normalized spacial score (nSPS) is 10.7. The molecule has 2 nitrogen and oxygen atoms in total. The van der Waals surface area contributed by atoms with Gasteiger partial charge in [0.2, 0.25) is 0 Å².